The molecule has 6 heteroatoms. The largest absolute Gasteiger partial charge is 0.508 e. The number of morpholine rings is 1. The molecule has 0 saturated carbocycles. The Morgan fingerprint density at radius 1 is 1.17 bits per heavy atom. The van der Waals surface area contributed by atoms with Crippen molar-refractivity contribution < 1.29 is 23.7 Å². The number of halogens is 2. The quantitative estimate of drug-likeness (QED) is 0.902. The molecular formula is C18H19F2NO3. The van der Waals surface area contributed by atoms with Crippen LogP contribution in [-0.2, 0) is 4.74 Å². The standard InChI is InChI=1S/C18H19F2NO3/c19-14-5-2-6-15(20)18(14)16(23)10-21-7-8-24-17(11-21)12-3-1-4-13(22)9-12/h1-6,9,16-17,22-23H,7-8,10-11H2. The van der Waals surface area contributed by atoms with Crippen molar-refractivity contribution >= 4 is 0 Å². The first-order valence-electron chi connectivity index (χ1n) is 7.79. The number of nitrogens with zero attached hydrogens (tertiary/aromatic N) is 1. The van der Waals surface area contributed by atoms with E-state index in [9.17, 15) is 19.0 Å². The minimum absolute atomic E-state index is 0.108. The molecular weight excluding hydrogens is 316 g/mol. The maximum absolute atomic E-state index is 13.8. The molecule has 2 atom stereocenters. The van der Waals surface area contributed by atoms with E-state index in [1.165, 1.54) is 6.07 Å². The summed E-state index contributed by atoms with van der Waals surface area (Å²) in [5.41, 5.74) is 0.518. The number of phenols is 1. The van der Waals surface area contributed by atoms with Gasteiger partial charge in [0.1, 0.15) is 17.4 Å². The number of aliphatic hydroxyl groups excluding tert-OH is 1. The van der Waals surface area contributed by atoms with Crippen LogP contribution in [0.1, 0.15) is 23.3 Å². The third-order valence-corrected chi connectivity index (χ3v) is 4.16. The van der Waals surface area contributed by atoms with E-state index in [0.717, 1.165) is 17.7 Å². The van der Waals surface area contributed by atoms with Crippen molar-refractivity contribution in [2.75, 3.05) is 26.2 Å². The predicted octanol–water partition coefficient (Wildman–Crippen LogP) is 2.78. The van der Waals surface area contributed by atoms with Crippen LogP contribution in [0.4, 0.5) is 8.78 Å². The highest BCUT2D eigenvalue weighted by Crippen LogP contribution is 2.27. The molecule has 0 spiro atoms. The van der Waals surface area contributed by atoms with Gasteiger partial charge in [0.2, 0.25) is 0 Å². The van der Waals surface area contributed by atoms with Crippen LogP contribution in [-0.4, -0.2) is 41.4 Å². The number of benzene rings is 2. The van der Waals surface area contributed by atoms with E-state index < -0.39 is 17.7 Å². The van der Waals surface area contributed by atoms with Crippen molar-refractivity contribution in [1.82, 2.24) is 4.90 Å². The minimum Gasteiger partial charge on any atom is -0.508 e. The second-order valence-corrected chi connectivity index (χ2v) is 5.87. The maximum Gasteiger partial charge on any atom is 0.131 e. The van der Waals surface area contributed by atoms with E-state index in [2.05, 4.69) is 0 Å². The molecule has 4 nitrogen and oxygen atoms in total. The fourth-order valence-corrected chi connectivity index (χ4v) is 2.96. The molecule has 2 unspecified atom stereocenters. The molecule has 1 aliphatic heterocycles. The molecule has 0 amide bonds. The van der Waals surface area contributed by atoms with E-state index in [-0.39, 0.29) is 24.0 Å². The number of ether oxygens (including phenoxy) is 1. The molecule has 2 aromatic rings. The number of hydrogen-bond acceptors (Lipinski definition) is 4. The Hall–Kier alpha value is -2.02. The molecule has 1 fully saturated rings. The SMILES string of the molecule is Oc1cccc(C2CN(CC(O)c3c(F)cccc3F)CCO2)c1. The van der Waals surface area contributed by atoms with Gasteiger partial charge in [-0.2, -0.15) is 0 Å². The van der Waals surface area contributed by atoms with Crippen molar-refractivity contribution in [3.63, 3.8) is 0 Å². The lowest BCUT2D eigenvalue weighted by atomic mass is 10.0. The molecule has 2 aromatic carbocycles. The number of aromatic hydroxyl groups is 1. The van der Waals surface area contributed by atoms with Crippen LogP contribution in [0.3, 0.4) is 0 Å². The monoisotopic (exact) mass is 335 g/mol. The van der Waals surface area contributed by atoms with E-state index in [4.69, 9.17) is 4.74 Å². The van der Waals surface area contributed by atoms with E-state index in [0.29, 0.717) is 19.7 Å². The first-order chi connectivity index (χ1) is 11.5. The molecule has 1 heterocycles. The smallest absolute Gasteiger partial charge is 0.131 e. The summed E-state index contributed by atoms with van der Waals surface area (Å²) in [4.78, 5) is 1.90. The minimum atomic E-state index is -1.26. The molecule has 1 aliphatic rings. The summed E-state index contributed by atoms with van der Waals surface area (Å²) in [6.07, 6.45) is -1.52. The van der Waals surface area contributed by atoms with E-state index >= 15 is 0 Å². The molecule has 128 valence electrons. The lowest BCUT2D eigenvalue weighted by Crippen LogP contribution is -2.40. The Balaban J connectivity index is 1.69. The van der Waals surface area contributed by atoms with Gasteiger partial charge in [0.15, 0.2) is 0 Å². The Morgan fingerprint density at radius 3 is 2.58 bits per heavy atom. The topological polar surface area (TPSA) is 52.9 Å². The van der Waals surface area contributed by atoms with Crippen molar-refractivity contribution in [2.45, 2.75) is 12.2 Å². The first-order valence-corrected chi connectivity index (χ1v) is 7.79. The van der Waals surface area contributed by atoms with Gasteiger partial charge in [-0.1, -0.05) is 18.2 Å². The second-order valence-electron chi connectivity index (χ2n) is 5.87. The molecule has 0 radical (unpaired) electrons. The summed E-state index contributed by atoms with van der Waals surface area (Å²) in [6.45, 7) is 1.57. The zero-order chi connectivity index (χ0) is 17.1. The molecule has 1 saturated heterocycles. The summed E-state index contributed by atoms with van der Waals surface area (Å²) in [5.74, 6) is -1.35. The highest BCUT2D eigenvalue weighted by molar-refractivity contribution is 5.29. The van der Waals surface area contributed by atoms with Crippen molar-refractivity contribution in [2.24, 2.45) is 0 Å². The van der Waals surface area contributed by atoms with Gasteiger partial charge in [-0.15, -0.1) is 0 Å². The molecule has 24 heavy (non-hydrogen) atoms. The molecule has 0 aromatic heterocycles. The van der Waals surface area contributed by atoms with Gasteiger partial charge in [-0.3, -0.25) is 4.90 Å². The Bertz CT molecular complexity index is 690. The molecule has 3 rings (SSSR count). The number of rotatable bonds is 4. The zero-order valence-electron chi connectivity index (χ0n) is 13.0. The van der Waals surface area contributed by atoms with Crippen LogP contribution in [0.25, 0.3) is 0 Å². The van der Waals surface area contributed by atoms with Gasteiger partial charge >= 0.3 is 0 Å². The van der Waals surface area contributed by atoms with Gasteiger partial charge in [-0.05, 0) is 29.8 Å². The van der Waals surface area contributed by atoms with Crippen LogP contribution in [0.2, 0.25) is 0 Å². The van der Waals surface area contributed by atoms with Crippen LogP contribution in [0.15, 0.2) is 42.5 Å². The van der Waals surface area contributed by atoms with Gasteiger partial charge in [0.25, 0.3) is 0 Å². The normalized spacial score (nSPS) is 20.0. The van der Waals surface area contributed by atoms with Gasteiger partial charge in [0.05, 0.1) is 24.4 Å². The fourth-order valence-electron chi connectivity index (χ4n) is 2.96. The van der Waals surface area contributed by atoms with Crippen LogP contribution >= 0.6 is 0 Å². The maximum atomic E-state index is 13.8. The Morgan fingerprint density at radius 2 is 1.88 bits per heavy atom. The number of β-amino-alcohol motifs (C(OH)–C–C–N with tert-alkyl or cyclic N) is 1. The third-order valence-electron chi connectivity index (χ3n) is 4.16. The number of phenolic OH excluding ortho intramolecular Hbond substituents is 1. The second kappa shape index (κ2) is 7.25. The molecule has 0 aliphatic carbocycles. The summed E-state index contributed by atoms with van der Waals surface area (Å²) < 4.78 is 33.2. The lowest BCUT2D eigenvalue weighted by Gasteiger charge is -2.34. The number of aliphatic hydroxyl groups is 1. The summed E-state index contributed by atoms with van der Waals surface area (Å²) in [5, 5.41) is 19.8. The van der Waals surface area contributed by atoms with E-state index in [1.807, 2.05) is 11.0 Å². The predicted molar refractivity (Wildman–Crippen MR) is 84.6 cm³/mol. The fraction of sp³-hybridized carbons (Fsp3) is 0.333. The van der Waals surface area contributed by atoms with Gasteiger partial charge in [0, 0.05) is 19.6 Å². The third kappa shape index (κ3) is 3.72. The molecule has 0 bridgehead atoms. The van der Waals surface area contributed by atoms with Crippen molar-refractivity contribution in [1.29, 1.82) is 0 Å². The van der Waals surface area contributed by atoms with Crippen LogP contribution in [0.5, 0.6) is 5.75 Å². The van der Waals surface area contributed by atoms with Crippen molar-refractivity contribution in [3.05, 3.63) is 65.2 Å². The highest BCUT2D eigenvalue weighted by atomic mass is 19.1. The summed E-state index contributed by atoms with van der Waals surface area (Å²) in [6, 6.07) is 10.3. The van der Waals surface area contributed by atoms with Crippen LogP contribution < -0.4 is 0 Å². The first kappa shape index (κ1) is 16.8. The average Bonchev–Trinajstić information content (AvgIpc) is 2.55. The lowest BCUT2D eigenvalue weighted by molar-refractivity contribution is -0.0430. The highest BCUT2D eigenvalue weighted by Gasteiger charge is 2.26. The van der Waals surface area contributed by atoms with Crippen LogP contribution in [0, 0.1) is 11.6 Å². The van der Waals surface area contributed by atoms with Crippen molar-refractivity contribution in [3.8, 4) is 5.75 Å². The summed E-state index contributed by atoms with van der Waals surface area (Å²) in [7, 11) is 0. The zero-order valence-corrected chi connectivity index (χ0v) is 13.0. The summed E-state index contributed by atoms with van der Waals surface area (Å²) >= 11 is 0. The molecule has 2 N–H and O–H groups in total. The Kier molecular flexibility index (Phi) is 5.08. The Labute approximate surface area is 138 Å². The van der Waals surface area contributed by atoms with Gasteiger partial charge < -0.3 is 14.9 Å². The van der Waals surface area contributed by atoms with E-state index in [1.54, 1.807) is 18.2 Å². The average molecular weight is 335 g/mol. The number of hydrogen-bond donors (Lipinski definition) is 2. The van der Waals surface area contributed by atoms with Gasteiger partial charge in [-0.25, -0.2) is 8.78 Å².